The van der Waals surface area contributed by atoms with Gasteiger partial charge in [0.15, 0.2) is 0 Å². The van der Waals surface area contributed by atoms with Crippen molar-refractivity contribution in [3.8, 4) is 5.75 Å². The van der Waals surface area contributed by atoms with Gasteiger partial charge in [-0.15, -0.1) is 0 Å². The summed E-state index contributed by atoms with van der Waals surface area (Å²) in [6.07, 6.45) is 2.45. The summed E-state index contributed by atoms with van der Waals surface area (Å²) in [6, 6.07) is 25.6. The molecule has 3 nitrogen and oxygen atoms in total. The predicted octanol–water partition coefficient (Wildman–Crippen LogP) is 4.31. The van der Waals surface area contributed by atoms with Gasteiger partial charge in [0.1, 0.15) is 5.75 Å². The minimum absolute atomic E-state index is 0. The topological polar surface area (TPSA) is 44.0 Å². The van der Waals surface area contributed by atoms with E-state index in [9.17, 15) is 0 Å². The third kappa shape index (κ3) is 4.63. The lowest BCUT2D eigenvalue weighted by atomic mass is 9.97. The Bertz CT molecular complexity index is 811. The molecule has 0 amide bonds. The van der Waals surface area contributed by atoms with Crippen LogP contribution >= 0.6 is 0 Å². The lowest BCUT2D eigenvalue weighted by Gasteiger charge is -2.31. The number of nitrogens with zero attached hydrogens (tertiary/aromatic N) is 1. The Morgan fingerprint density at radius 1 is 0.808 bits per heavy atom. The van der Waals surface area contributed by atoms with Crippen LogP contribution in [-0.4, -0.2) is 30.1 Å². The maximum absolute atomic E-state index is 6.09. The fourth-order valence-electron chi connectivity index (χ4n) is 3.62. The zero-order valence-electron chi connectivity index (χ0n) is 15.1. The lowest BCUT2D eigenvalue weighted by Crippen LogP contribution is -2.35. The van der Waals surface area contributed by atoms with Gasteiger partial charge in [0.25, 0.3) is 0 Å². The van der Waals surface area contributed by atoms with Crippen LogP contribution in [0.3, 0.4) is 0 Å². The number of benzene rings is 3. The van der Waals surface area contributed by atoms with E-state index in [0.29, 0.717) is 5.92 Å². The van der Waals surface area contributed by atoms with E-state index in [1.54, 1.807) is 0 Å². The Balaban J connectivity index is 0.00000196. The molecule has 3 aromatic carbocycles. The smallest absolute Gasteiger partial charge is 0.119 e. The number of rotatable bonds is 5. The fourth-order valence-corrected chi connectivity index (χ4v) is 3.62. The first-order chi connectivity index (χ1) is 12.4. The van der Waals surface area contributed by atoms with Crippen molar-refractivity contribution in [1.82, 2.24) is 4.90 Å². The second kappa shape index (κ2) is 8.84. The van der Waals surface area contributed by atoms with Crippen LogP contribution in [0.4, 0.5) is 0 Å². The van der Waals surface area contributed by atoms with E-state index in [-0.39, 0.29) is 5.48 Å². The van der Waals surface area contributed by atoms with Crippen molar-refractivity contribution in [1.29, 1.82) is 0 Å². The summed E-state index contributed by atoms with van der Waals surface area (Å²) in [6.45, 7) is 4.23. The predicted molar refractivity (Wildman–Crippen MR) is 107 cm³/mol. The van der Waals surface area contributed by atoms with Crippen molar-refractivity contribution in [3.63, 3.8) is 0 Å². The van der Waals surface area contributed by atoms with Crippen LogP contribution in [0.15, 0.2) is 72.8 Å². The van der Waals surface area contributed by atoms with Crippen LogP contribution in [0.25, 0.3) is 10.8 Å². The molecule has 1 saturated heterocycles. The second-order valence-electron chi connectivity index (χ2n) is 7.03. The summed E-state index contributed by atoms with van der Waals surface area (Å²) in [5.74, 6) is 1.66. The fraction of sp³-hybridized carbons (Fsp3) is 0.304. The summed E-state index contributed by atoms with van der Waals surface area (Å²) < 4.78 is 6.09. The molecule has 0 unspecified atom stereocenters. The van der Waals surface area contributed by atoms with Gasteiger partial charge in [0, 0.05) is 6.54 Å². The van der Waals surface area contributed by atoms with Gasteiger partial charge in [-0.05, 0) is 60.3 Å². The number of piperidine rings is 1. The molecule has 136 valence electrons. The van der Waals surface area contributed by atoms with Gasteiger partial charge < -0.3 is 10.2 Å². The summed E-state index contributed by atoms with van der Waals surface area (Å²) in [4.78, 5) is 2.56. The van der Waals surface area contributed by atoms with Gasteiger partial charge in [-0.1, -0.05) is 60.7 Å². The van der Waals surface area contributed by atoms with Crippen molar-refractivity contribution in [2.75, 3.05) is 19.7 Å². The van der Waals surface area contributed by atoms with Crippen LogP contribution in [0, 0.1) is 5.92 Å². The van der Waals surface area contributed by atoms with E-state index in [0.717, 1.165) is 18.9 Å². The van der Waals surface area contributed by atoms with Crippen molar-refractivity contribution < 1.29 is 10.2 Å². The molecule has 0 saturated carbocycles. The normalized spacial score (nSPS) is 15.5. The van der Waals surface area contributed by atoms with E-state index in [4.69, 9.17) is 4.74 Å². The second-order valence-corrected chi connectivity index (χ2v) is 7.03. The van der Waals surface area contributed by atoms with Gasteiger partial charge in [0.05, 0.1) is 6.61 Å². The van der Waals surface area contributed by atoms with E-state index in [1.807, 2.05) is 0 Å². The lowest BCUT2D eigenvalue weighted by molar-refractivity contribution is 0.137. The molecule has 0 aromatic heterocycles. The van der Waals surface area contributed by atoms with Gasteiger partial charge in [-0.2, -0.15) is 0 Å². The van der Waals surface area contributed by atoms with E-state index in [2.05, 4.69) is 77.7 Å². The van der Waals surface area contributed by atoms with Crippen molar-refractivity contribution in [2.45, 2.75) is 19.4 Å². The van der Waals surface area contributed by atoms with Gasteiger partial charge in [0.2, 0.25) is 0 Å². The zero-order valence-corrected chi connectivity index (χ0v) is 15.1. The third-order valence-corrected chi connectivity index (χ3v) is 5.16. The Morgan fingerprint density at radius 2 is 1.50 bits per heavy atom. The van der Waals surface area contributed by atoms with Crippen LogP contribution in [0.5, 0.6) is 5.75 Å². The minimum atomic E-state index is 0. The molecular weight excluding hydrogens is 322 g/mol. The Kier molecular flexibility index (Phi) is 6.26. The van der Waals surface area contributed by atoms with Crippen molar-refractivity contribution in [3.05, 3.63) is 78.4 Å². The standard InChI is InChI=1S/C23H25NO.H2O/c1-2-6-19(7-3-1)17-24-14-12-20(13-15-24)18-25-23-11-10-21-8-4-5-9-22(21)16-23;/h1-11,16,20H,12-15,17-18H2;1H2. The van der Waals surface area contributed by atoms with Gasteiger partial charge in [-0.25, -0.2) is 0 Å². The molecule has 1 aliphatic rings. The number of hydrogen-bond donors (Lipinski definition) is 0. The van der Waals surface area contributed by atoms with Crippen LogP contribution in [0.1, 0.15) is 18.4 Å². The molecule has 2 N–H and O–H groups in total. The molecule has 3 aromatic rings. The molecule has 0 radical (unpaired) electrons. The number of hydrogen-bond acceptors (Lipinski definition) is 2. The number of likely N-dealkylation sites (tertiary alicyclic amines) is 1. The third-order valence-electron chi connectivity index (χ3n) is 5.16. The minimum Gasteiger partial charge on any atom is -0.493 e. The molecule has 0 aliphatic carbocycles. The van der Waals surface area contributed by atoms with Crippen molar-refractivity contribution >= 4 is 10.8 Å². The first-order valence-corrected chi connectivity index (χ1v) is 9.25. The summed E-state index contributed by atoms with van der Waals surface area (Å²) in [7, 11) is 0. The first kappa shape index (κ1) is 18.4. The Morgan fingerprint density at radius 3 is 2.27 bits per heavy atom. The molecule has 0 bridgehead atoms. The number of ether oxygens (including phenoxy) is 1. The quantitative estimate of drug-likeness (QED) is 0.689. The Labute approximate surface area is 155 Å². The Hall–Kier alpha value is -2.36. The van der Waals surface area contributed by atoms with Crippen molar-refractivity contribution in [2.24, 2.45) is 5.92 Å². The van der Waals surface area contributed by atoms with Crippen LogP contribution in [-0.2, 0) is 6.54 Å². The number of fused-ring (bicyclic) bond motifs is 1. The summed E-state index contributed by atoms with van der Waals surface area (Å²) in [5, 5.41) is 2.52. The van der Waals surface area contributed by atoms with Gasteiger partial charge in [-0.3, -0.25) is 4.90 Å². The molecule has 1 aliphatic heterocycles. The molecule has 26 heavy (non-hydrogen) atoms. The van der Waals surface area contributed by atoms with E-state index in [1.165, 1.54) is 42.3 Å². The molecular formula is C23H27NO2. The highest BCUT2D eigenvalue weighted by Gasteiger charge is 2.19. The van der Waals surface area contributed by atoms with E-state index < -0.39 is 0 Å². The maximum Gasteiger partial charge on any atom is 0.119 e. The summed E-state index contributed by atoms with van der Waals surface area (Å²) in [5.41, 5.74) is 1.41. The highest BCUT2D eigenvalue weighted by atomic mass is 16.5. The largest absolute Gasteiger partial charge is 0.493 e. The maximum atomic E-state index is 6.09. The monoisotopic (exact) mass is 349 g/mol. The van der Waals surface area contributed by atoms with Crippen LogP contribution in [0.2, 0.25) is 0 Å². The highest BCUT2D eigenvalue weighted by Crippen LogP contribution is 2.23. The average molecular weight is 349 g/mol. The zero-order chi connectivity index (χ0) is 16.9. The molecule has 1 fully saturated rings. The van der Waals surface area contributed by atoms with Gasteiger partial charge >= 0.3 is 0 Å². The SMILES string of the molecule is O.c1ccc(CN2CCC(COc3ccc4ccccc4c3)CC2)cc1. The molecule has 1 heterocycles. The molecule has 0 atom stereocenters. The molecule has 0 spiro atoms. The summed E-state index contributed by atoms with van der Waals surface area (Å²) >= 11 is 0. The molecule has 4 rings (SSSR count). The molecule has 3 heteroatoms. The first-order valence-electron chi connectivity index (χ1n) is 9.25. The average Bonchev–Trinajstić information content (AvgIpc) is 2.68. The van der Waals surface area contributed by atoms with Crippen LogP contribution < -0.4 is 4.74 Å². The highest BCUT2D eigenvalue weighted by molar-refractivity contribution is 5.83. The van der Waals surface area contributed by atoms with E-state index >= 15 is 0 Å².